The molecular formula is C9H15N3O3. The summed E-state index contributed by atoms with van der Waals surface area (Å²) >= 11 is 0. The van der Waals surface area contributed by atoms with Gasteiger partial charge in [-0.2, -0.15) is 5.26 Å². The van der Waals surface area contributed by atoms with Crippen LogP contribution < -0.4 is 5.32 Å². The molecule has 0 rings (SSSR count). The number of rotatable bonds is 4. The summed E-state index contributed by atoms with van der Waals surface area (Å²) in [5.74, 6) is -1.55. The summed E-state index contributed by atoms with van der Waals surface area (Å²) in [5.41, 5.74) is 0. The Bertz CT molecular complexity index is 270. The third-order valence-corrected chi connectivity index (χ3v) is 1.75. The Morgan fingerprint density at radius 2 is 2.13 bits per heavy atom. The number of hydrogen-bond acceptors (Lipinski definition) is 4. The van der Waals surface area contributed by atoms with Crippen LogP contribution in [0.25, 0.3) is 0 Å². The van der Waals surface area contributed by atoms with Crippen molar-refractivity contribution in [1.82, 2.24) is 10.2 Å². The molecule has 0 saturated heterocycles. The Balaban J connectivity index is 4.37. The summed E-state index contributed by atoms with van der Waals surface area (Å²) < 4.78 is 0. The molecule has 0 aromatic carbocycles. The molecule has 0 saturated carbocycles. The van der Waals surface area contributed by atoms with E-state index >= 15 is 0 Å². The normalized spacial score (nSPS) is 9.53. The molecular weight excluding hydrogens is 198 g/mol. The summed E-state index contributed by atoms with van der Waals surface area (Å²) in [5, 5.41) is 19.1. The standard InChI is InChI=1S/C9H15N3O3/c1-7(2)12(5-6-13)9(15)8(14)11-4-3-10/h7,13H,4-6H2,1-2H3,(H,11,14). The molecule has 0 spiro atoms. The van der Waals surface area contributed by atoms with E-state index in [2.05, 4.69) is 5.32 Å². The van der Waals surface area contributed by atoms with Gasteiger partial charge in [-0.3, -0.25) is 9.59 Å². The van der Waals surface area contributed by atoms with E-state index in [1.807, 2.05) is 0 Å². The Hall–Kier alpha value is -1.61. The monoisotopic (exact) mass is 213 g/mol. The fraction of sp³-hybridized carbons (Fsp3) is 0.667. The Morgan fingerprint density at radius 3 is 2.53 bits per heavy atom. The van der Waals surface area contributed by atoms with Crippen LogP contribution in [0.15, 0.2) is 0 Å². The highest BCUT2D eigenvalue weighted by Crippen LogP contribution is 1.98. The molecule has 0 aromatic rings. The lowest BCUT2D eigenvalue weighted by Gasteiger charge is -2.24. The molecule has 0 bridgehead atoms. The van der Waals surface area contributed by atoms with Gasteiger partial charge in [-0.25, -0.2) is 0 Å². The van der Waals surface area contributed by atoms with Crippen molar-refractivity contribution in [3.63, 3.8) is 0 Å². The quantitative estimate of drug-likeness (QED) is 0.455. The van der Waals surface area contributed by atoms with Gasteiger partial charge in [-0.05, 0) is 13.8 Å². The molecule has 0 aromatic heterocycles. The SMILES string of the molecule is CC(C)N(CCO)C(=O)C(=O)NCC#N. The Kier molecular flexibility index (Phi) is 6.06. The van der Waals surface area contributed by atoms with Gasteiger partial charge in [0.25, 0.3) is 0 Å². The molecule has 84 valence electrons. The molecule has 6 nitrogen and oxygen atoms in total. The van der Waals surface area contributed by atoms with Crippen molar-refractivity contribution in [1.29, 1.82) is 5.26 Å². The van der Waals surface area contributed by atoms with Crippen LogP contribution in [0, 0.1) is 11.3 Å². The minimum absolute atomic E-state index is 0.108. The number of hydrogen-bond donors (Lipinski definition) is 2. The highest BCUT2D eigenvalue weighted by atomic mass is 16.3. The number of aliphatic hydroxyl groups excluding tert-OH is 1. The van der Waals surface area contributed by atoms with E-state index in [0.717, 1.165) is 0 Å². The molecule has 2 N–H and O–H groups in total. The molecule has 0 aliphatic heterocycles. The van der Waals surface area contributed by atoms with Gasteiger partial charge in [-0.1, -0.05) is 0 Å². The minimum atomic E-state index is -0.821. The van der Waals surface area contributed by atoms with E-state index in [9.17, 15) is 9.59 Å². The topological polar surface area (TPSA) is 93.4 Å². The number of aliphatic hydroxyl groups is 1. The molecule has 2 amide bonds. The molecule has 0 atom stereocenters. The first kappa shape index (κ1) is 13.4. The summed E-state index contributed by atoms with van der Waals surface area (Å²) in [4.78, 5) is 23.9. The van der Waals surface area contributed by atoms with E-state index in [-0.39, 0.29) is 25.7 Å². The average Bonchev–Trinajstić information content (AvgIpc) is 2.21. The Morgan fingerprint density at radius 1 is 1.53 bits per heavy atom. The van der Waals surface area contributed by atoms with Gasteiger partial charge >= 0.3 is 11.8 Å². The van der Waals surface area contributed by atoms with Gasteiger partial charge in [0.15, 0.2) is 0 Å². The first-order valence-electron chi connectivity index (χ1n) is 4.61. The third-order valence-electron chi connectivity index (χ3n) is 1.75. The predicted octanol–water partition coefficient (Wildman–Crippen LogP) is -1.14. The molecule has 0 fully saturated rings. The number of carbonyl (C=O) groups excluding carboxylic acids is 2. The fourth-order valence-corrected chi connectivity index (χ4v) is 1.03. The highest BCUT2D eigenvalue weighted by molar-refractivity contribution is 6.35. The Labute approximate surface area is 88.5 Å². The van der Waals surface area contributed by atoms with E-state index in [0.29, 0.717) is 0 Å². The van der Waals surface area contributed by atoms with Gasteiger partial charge in [0, 0.05) is 12.6 Å². The van der Waals surface area contributed by atoms with Gasteiger partial charge < -0.3 is 15.3 Å². The van der Waals surface area contributed by atoms with Crippen molar-refractivity contribution >= 4 is 11.8 Å². The van der Waals surface area contributed by atoms with Crippen molar-refractivity contribution in [2.24, 2.45) is 0 Å². The second-order valence-corrected chi connectivity index (χ2v) is 3.16. The van der Waals surface area contributed by atoms with Crippen molar-refractivity contribution in [2.75, 3.05) is 19.7 Å². The smallest absolute Gasteiger partial charge is 0.312 e. The molecule has 0 heterocycles. The van der Waals surface area contributed by atoms with Crippen LogP contribution in [-0.4, -0.2) is 47.6 Å². The lowest BCUT2D eigenvalue weighted by molar-refractivity contribution is -0.147. The predicted molar refractivity (Wildman–Crippen MR) is 52.6 cm³/mol. The summed E-state index contributed by atoms with van der Waals surface area (Å²) in [6, 6.07) is 1.53. The second-order valence-electron chi connectivity index (χ2n) is 3.16. The first-order valence-corrected chi connectivity index (χ1v) is 4.61. The molecule has 0 aliphatic rings. The van der Waals surface area contributed by atoms with Crippen LogP contribution in [-0.2, 0) is 9.59 Å². The largest absolute Gasteiger partial charge is 0.395 e. The average molecular weight is 213 g/mol. The van der Waals surface area contributed by atoms with Crippen LogP contribution in [0.3, 0.4) is 0 Å². The van der Waals surface area contributed by atoms with E-state index in [4.69, 9.17) is 10.4 Å². The molecule has 0 unspecified atom stereocenters. The maximum atomic E-state index is 11.5. The zero-order chi connectivity index (χ0) is 11.8. The van der Waals surface area contributed by atoms with Crippen LogP contribution >= 0.6 is 0 Å². The van der Waals surface area contributed by atoms with Crippen molar-refractivity contribution < 1.29 is 14.7 Å². The first-order chi connectivity index (χ1) is 7.04. The zero-order valence-corrected chi connectivity index (χ0v) is 8.86. The third kappa shape index (κ3) is 4.42. The number of nitrogens with zero attached hydrogens (tertiary/aromatic N) is 2. The maximum Gasteiger partial charge on any atom is 0.312 e. The second kappa shape index (κ2) is 6.79. The minimum Gasteiger partial charge on any atom is -0.395 e. The lowest BCUT2D eigenvalue weighted by Crippen LogP contribution is -2.47. The maximum absolute atomic E-state index is 11.5. The van der Waals surface area contributed by atoms with Crippen LogP contribution in [0.4, 0.5) is 0 Å². The van der Waals surface area contributed by atoms with Crippen molar-refractivity contribution in [3.05, 3.63) is 0 Å². The van der Waals surface area contributed by atoms with Crippen molar-refractivity contribution in [3.8, 4) is 6.07 Å². The molecule has 6 heteroatoms. The van der Waals surface area contributed by atoms with Gasteiger partial charge in [-0.15, -0.1) is 0 Å². The summed E-state index contributed by atoms with van der Waals surface area (Å²) in [7, 11) is 0. The number of nitrogens with one attached hydrogen (secondary N) is 1. The van der Waals surface area contributed by atoms with E-state index < -0.39 is 11.8 Å². The van der Waals surface area contributed by atoms with Gasteiger partial charge in [0.2, 0.25) is 0 Å². The van der Waals surface area contributed by atoms with Crippen LogP contribution in [0.5, 0.6) is 0 Å². The summed E-state index contributed by atoms with van der Waals surface area (Å²) in [6.45, 7) is 3.19. The number of amides is 2. The van der Waals surface area contributed by atoms with E-state index in [1.165, 1.54) is 4.90 Å². The van der Waals surface area contributed by atoms with E-state index in [1.54, 1.807) is 19.9 Å². The van der Waals surface area contributed by atoms with Crippen molar-refractivity contribution in [2.45, 2.75) is 19.9 Å². The molecule has 15 heavy (non-hydrogen) atoms. The molecule has 0 radical (unpaired) electrons. The number of carbonyl (C=O) groups is 2. The van der Waals surface area contributed by atoms with Gasteiger partial charge in [0.1, 0.15) is 6.54 Å². The lowest BCUT2D eigenvalue weighted by atomic mass is 10.3. The molecule has 0 aliphatic carbocycles. The summed E-state index contributed by atoms with van der Waals surface area (Å²) in [6.07, 6.45) is 0. The van der Waals surface area contributed by atoms with Crippen LogP contribution in [0.2, 0.25) is 0 Å². The fourth-order valence-electron chi connectivity index (χ4n) is 1.03. The van der Waals surface area contributed by atoms with Gasteiger partial charge in [0.05, 0.1) is 12.7 Å². The zero-order valence-electron chi connectivity index (χ0n) is 8.86. The number of nitriles is 1. The highest BCUT2D eigenvalue weighted by Gasteiger charge is 2.22. The van der Waals surface area contributed by atoms with Crippen LogP contribution in [0.1, 0.15) is 13.8 Å².